The zero-order valence-corrected chi connectivity index (χ0v) is 8.45. The molecule has 0 radical (unpaired) electrons. The second-order valence-electron chi connectivity index (χ2n) is 4.12. The van der Waals surface area contributed by atoms with E-state index < -0.39 is 5.60 Å². The molecule has 1 rings (SSSR count). The van der Waals surface area contributed by atoms with E-state index in [1.807, 2.05) is 13.8 Å². The number of hydrogen-bond acceptors (Lipinski definition) is 3. The lowest BCUT2D eigenvalue weighted by Gasteiger charge is -2.38. The summed E-state index contributed by atoms with van der Waals surface area (Å²) in [6.07, 6.45) is 2.68. The Hall–Kier alpha value is -0.590. The number of aliphatic hydroxyl groups is 1. The largest absolute Gasteiger partial charge is 0.389 e. The fourth-order valence-electron chi connectivity index (χ4n) is 1.96. The van der Waals surface area contributed by atoms with Gasteiger partial charge in [0.1, 0.15) is 0 Å². The fraction of sp³-hybridized carbons (Fsp3) is 0.900. The molecule has 13 heavy (non-hydrogen) atoms. The predicted molar refractivity (Wildman–Crippen MR) is 51.1 cm³/mol. The maximum atomic E-state index is 9.83. The maximum absolute atomic E-state index is 9.83. The van der Waals surface area contributed by atoms with E-state index in [1.54, 1.807) is 0 Å². The lowest BCUT2D eigenvalue weighted by Crippen LogP contribution is -2.49. The van der Waals surface area contributed by atoms with Gasteiger partial charge in [0.05, 0.1) is 17.7 Å². The number of nitriles is 1. The summed E-state index contributed by atoms with van der Waals surface area (Å²) in [4.78, 5) is 2.09. The molecule has 0 bridgehead atoms. The van der Waals surface area contributed by atoms with Crippen LogP contribution in [0.3, 0.4) is 0 Å². The third-order valence-electron chi connectivity index (χ3n) is 2.68. The van der Waals surface area contributed by atoms with E-state index in [1.165, 1.54) is 0 Å². The Bertz CT molecular complexity index is 207. The highest BCUT2D eigenvalue weighted by Crippen LogP contribution is 2.22. The van der Waals surface area contributed by atoms with Gasteiger partial charge in [-0.3, -0.25) is 4.90 Å². The molecule has 3 heteroatoms. The van der Waals surface area contributed by atoms with Crippen molar-refractivity contribution >= 4 is 0 Å². The number of β-amino-alcohol motifs (C(OH)–C–C–N with tert-alkyl or cyclic N) is 1. The van der Waals surface area contributed by atoms with Crippen LogP contribution in [0.4, 0.5) is 0 Å². The van der Waals surface area contributed by atoms with Crippen LogP contribution in [0.15, 0.2) is 0 Å². The monoisotopic (exact) mass is 182 g/mol. The van der Waals surface area contributed by atoms with Crippen LogP contribution in [0.25, 0.3) is 0 Å². The molecule has 0 aromatic carbocycles. The normalized spacial score (nSPS) is 32.5. The second-order valence-corrected chi connectivity index (χ2v) is 4.12. The van der Waals surface area contributed by atoms with Crippen molar-refractivity contribution in [3.8, 4) is 6.07 Å². The standard InChI is InChI=1S/C10H18N2O/c1-3-9(7-11)12-6-4-5-10(2,13)8-12/h9,13H,3-6,8H2,1-2H3. The Balaban J connectivity index is 2.56. The Labute approximate surface area is 80.0 Å². The summed E-state index contributed by atoms with van der Waals surface area (Å²) in [7, 11) is 0. The molecule has 1 fully saturated rings. The molecule has 0 aromatic rings. The Kier molecular flexibility index (Phi) is 3.29. The molecule has 1 aliphatic rings. The Morgan fingerprint density at radius 2 is 2.38 bits per heavy atom. The summed E-state index contributed by atoms with van der Waals surface area (Å²) in [5, 5.41) is 18.7. The van der Waals surface area contributed by atoms with E-state index >= 15 is 0 Å². The molecule has 1 saturated heterocycles. The lowest BCUT2D eigenvalue weighted by atomic mass is 9.94. The second kappa shape index (κ2) is 4.08. The van der Waals surface area contributed by atoms with Gasteiger partial charge in [-0.1, -0.05) is 6.92 Å². The number of piperidine rings is 1. The van der Waals surface area contributed by atoms with Gasteiger partial charge in [-0.2, -0.15) is 5.26 Å². The van der Waals surface area contributed by atoms with Crippen molar-refractivity contribution in [2.75, 3.05) is 13.1 Å². The first-order valence-corrected chi connectivity index (χ1v) is 4.95. The van der Waals surface area contributed by atoms with Crippen molar-refractivity contribution in [1.29, 1.82) is 5.26 Å². The first-order chi connectivity index (χ1) is 6.09. The molecule has 0 amide bonds. The van der Waals surface area contributed by atoms with Gasteiger partial charge < -0.3 is 5.11 Å². The summed E-state index contributed by atoms with van der Waals surface area (Å²) < 4.78 is 0. The van der Waals surface area contributed by atoms with Crippen molar-refractivity contribution in [3.63, 3.8) is 0 Å². The average Bonchev–Trinajstić information content (AvgIpc) is 2.05. The highest BCUT2D eigenvalue weighted by Gasteiger charge is 2.31. The molecular weight excluding hydrogens is 164 g/mol. The van der Waals surface area contributed by atoms with Crippen LogP contribution in [-0.4, -0.2) is 34.7 Å². The molecule has 2 atom stereocenters. The van der Waals surface area contributed by atoms with Gasteiger partial charge in [-0.25, -0.2) is 0 Å². The van der Waals surface area contributed by atoms with Crippen LogP contribution >= 0.6 is 0 Å². The number of rotatable bonds is 2. The van der Waals surface area contributed by atoms with E-state index in [9.17, 15) is 5.11 Å². The van der Waals surface area contributed by atoms with Gasteiger partial charge >= 0.3 is 0 Å². The van der Waals surface area contributed by atoms with Crippen LogP contribution in [0.2, 0.25) is 0 Å². The van der Waals surface area contributed by atoms with Crippen LogP contribution in [0, 0.1) is 11.3 Å². The molecule has 1 aliphatic heterocycles. The summed E-state index contributed by atoms with van der Waals surface area (Å²) in [5.41, 5.74) is -0.595. The van der Waals surface area contributed by atoms with Crippen LogP contribution in [0.1, 0.15) is 33.1 Å². The van der Waals surface area contributed by atoms with E-state index in [0.717, 1.165) is 25.8 Å². The third kappa shape index (κ3) is 2.68. The molecule has 74 valence electrons. The van der Waals surface area contributed by atoms with E-state index in [0.29, 0.717) is 6.54 Å². The first kappa shape index (κ1) is 10.5. The smallest absolute Gasteiger partial charge is 0.0976 e. The molecule has 0 aliphatic carbocycles. The number of hydrogen-bond donors (Lipinski definition) is 1. The lowest BCUT2D eigenvalue weighted by molar-refractivity contribution is -0.0233. The average molecular weight is 182 g/mol. The molecule has 1 N–H and O–H groups in total. The van der Waals surface area contributed by atoms with Crippen LogP contribution in [0.5, 0.6) is 0 Å². The summed E-state index contributed by atoms with van der Waals surface area (Å²) >= 11 is 0. The first-order valence-electron chi connectivity index (χ1n) is 4.95. The van der Waals surface area contributed by atoms with Gasteiger partial charge in [0.15, 0.2) is 0 Å². The molecule has 1 heterocycles. The molecule has 2 unspecified atom stereocenters. The third-order valence-corrected chi connectivity index (χ3v) is 2.68. The highest BCUT2D eigenvalue weighted by molar-refractivity contribution is 4.95. The SMILES string of the molecule is CCC(C#N)N1CCCC(C)(O)C1. The van der Waals surface area contributed by atoms with Crippen molar-refractivity contribution in [3.05, 3.63) is 0 Å². The zero-order chi connectivity index (χ0) is 9.90. The number of likely N-dealkylation sites (tertiary alicyclic amines) is 1. The minimum atomic E-state index is -0.595. The quantitative estimate of drug-likeness (QED) is 0.696. The van der Waals surface area contributed by atoms with Gasteiger partial charge in [0.2, 0.25) is 0 Å². The van der Waals surface area contributed by atoms with Crippen molar-refractivity contribution in [2.45, 2.75) is 44.8 Å². The van der Waals surface area contributed by atoms with Crippen molar-refractivity contribution < 1.29 is 5.11 Å². The minimum absolute atomic E-state index is 0.0215. The Morgan fingerprint density at radius 3 is 2.85 bits per heavy atom. The van der Waals surface area contributed by atoms with Gasteiger partial charge in [-0.05, 0) is 32.7 Å². The molecule has 0 saturated carbocycles. The Morgan fingerprint density at radius 1 is 1.69 bits per heavy atom. The van der Waals surface area contributed by atoms with E-state index in [-0.39, 0.29) is 6.04 Å². The van der Waals surface area contributed by atoms with E-state index in [4.69, 9.17) is 5.26 Å². The topological polar surface area (TPSA) is 47.3 Å². The van der Waals surface area contributed by atoms with Crippen LogP contribution in [-0.2, 0) is 0 Å². The highest BCUT2D eigenvalue weighted by atomic mass is 16.3. The predicted octanol–water partition coefficient (Wildman–Crippen LogP) is 1.14. The summed E-state index contributed by atoms with van der Waals surface area (Å²) in [6, 6.07) is 2.25. The van der Waals surface area contributed by atoms with Gasteiger partial charge in [-0.15, -0.1) is 0 Å². The molecular formula is C10H18N2O. The van der Waals surface area contributed by atoms with Gasteiger partial charge in [0.25, 0.3) is 0 Å². The maximum Gasteiger partial charge on any atom is 0.0976 e. The molecule has 3 nitrogen and oxygen atoms in total. The minimum Gasteiger partial charge on any atom is -0.389 e. The van der Waals surface area contributed by atoms with Crippen molar-refractivity contribution in [1.82, 2.24) is 4.90 Å². The summed E-state index contributed by atoms with van der Waals surface area (Å²) in [5.74, 6) is 0. The molecule has 0 spiro atoms. The van der Waals surface area contributed by atoms with Gasteiger partial charge in [0, 0.05) is 6.54 Å². The number of nitrogens with zero attached hydrogens (tertiary/aromatic N) is 2. The summed E-state index contributed by atoms with van der Waals surface area (Å²) in [6.45, 7) is 5.45. The zero-order valence-electron chi connectivity index (χ0n) is 8.45. The van der Waals surface area contributed by atoms with Crippen molar-refractivity contribution in [2.24, 2.45) is 0 Å². The molecule has 0 aromatic heterocycles. The fourth-order valence-corrected chi connectivity index (χ4v) is 1.96. The van der Waals surface area contributed by atoms with E-state index in [2.05, 4.69) is 11.0 Å². The van der Waals surface area contributed by atoms with Crippen LogP contribution < -0.4 is 0 Å².